The van der Waals surface area contributed by atoms with Crippen LogP contribution in [-0.2, 0) is 0 Å². The molecule has 3 aromatic heterocycles. The van der Waals surface area contributed by atoms with Crippen LogP contribution in [0.25, 0.3) is 17.1 Å². The highest BCUT2D eigenvalue weighted by Crippen LogP contribution is 2.22. The molecule has 3 heterocycles. The lowest BCUT2D eigenvalue weighted by molar-refractivity contribution is 0.0693. The van der Waals surface area contributed by atoms with E-state index in [1.54, 1.807) is 28.9 Å². The second-order valence-corrected chi connectivity index (χ2v) is 3.40. The maximum Gasteiger partial charge on any atom is 0.356 e. The SMILES string of the molecule is O=C(O)c1nc(-c2ccco2)n2ccncc12. The smallest absolute Gasteiger partial charge is 0.356 e. The van der Waals surface area contributed by atoms with Gasteiger partial charge < -0.3 is 9.52 Å². The fourth-order valence-electron chi connectivity index (χ4n) is 1.68. The molecular weight excluding hydrogens is 222 g/mol. The van der Waals surface area contributed by atoms with E-state index in [2.05, 4.69) is 9.97 Å². The van der Waals surface area contributed by atoms with E-state index in [0.29, 0.717) is 17.1 Å². The molecule has 6 nitrogen and oxygen atoms in total. The Morgan fingerprint density at radius 3 is 3.06 bits per heavy atom. The van der Waals surface area contributed by atoms with E-state index >= 15 is 0 Å². The molecule has 0 radical (unpaired) electrons. The summed E-state index contributed by atoms with van der Waals surface area (Å²) in [5.74, 6) is -0.128. The molecule has 1 N–H and O–H groups in total. The first-order valence-corrected chi connectivity index (χ1v) is 4.86. The number of nitrogens with zero attached hydrogens (tertiary/aromatic N) is 3. The number of carboxylic acids is 1. The second kappa shape index (κ2) is 3.44. The molecule has 0 spiro atoms. The molecule has 0 aliphatic carbocycles. The quantitative estimate of drug-likeness (QED) is 0.723. The number of rotatable bonds is 2. The first kappa shape index (κ1) is 9.59. The Morgan fingerprint density at radius 2 is 2.35 bits per heavy atom. The van der Waals surface area contributed by atoms with Crippen LogP contribution in [0.2, 0.25) is 0 Å². The first-order chi connectivity index (χ1) is 8.27. The van der Waals surface area contributed by atoms with Gasteiger partial charge in [-0.15, -0.1) is 0 Å². The maximum atomic E-state index is 11.1. The Balaban J connectivity index is 2.37. The maximum absolute atomic E-state index is 11.1. The summed E-state index contributed by atoms with van der Waals surface area (Å²) in [6.07, 6.45) is 6.18. The molecule has 0 amide bonds. The van der Waals surface area contributed by atoms with Crippen LogP contribution in [0.15, 0.2) is 41.4 Å². The van der Waals surface area contributed by atoms with Crippen molar-refractivity contribution in [1.82, 2.24) is 14.4 Å². The van der Waals surface area contributed by atoms with E-state index in [9.17, 15) is 4.79 Å². The van der Waals surface area contributed by atoms with Gasteiger partial charge in [-0.25, -0.2) is 9.78 Å². The molecular formula is C11H7N3O3. The minimum Gasteiger partial charge on any atom is -0.476 e. The zero-order chi connectivity index (χ0) is 11.8. The van der Waals surface area contributed by atoms with Crippen LogP contribution >= 0.6 is 0 Å². The van der Waals surface area contributed by atoms with E-state index in [-0.39, 0.29) is 5.69 Å². The van der Waals surface area contributed by atoms with Crippen molar-refractivity contribution in [3.8, 4) is 11.6 Å². The molecule has 0 aromatic carbocycles. The van der Waals surface area contributed by atoms with Crippen LogP contribution in [0.3, 0.4) is 0 Å². The Morgan fingerprint density at radius 1 is 1.47 bits per heavy atom. The summed E-state index contributed by atoms with van der Waals surface area (Å²) in [6.45, 7) is 0. The predicted molar refractivity (Wildman–Crippen MR) is 57.6 cm³/mol. The van der Waals surface area contributed by atoms with Crippen LogP contribution in [0.1, 0.15) is 10.5 Å². The molecule has 0 aliphatic heterocycles. The summed E-state index contributed by atoms with van der Waals surface area (Å²) >= 11 is 0. The Labute approximate surface area is 95.2 Å². The average Bonchev–Trinajstić information content (AvgIpc) is 2.95. The van der Waals surface area contributed by atoms with E-state index in [1.807, 2.05) is 0 Å². The number of hydrogen-bond donors (Lipinski definition) is 1. The van der Waals surface area contributed by atoms with Crippen molar-refractivity contribution < 1.29 is 14.3 Å². The molecule has 3 rings (SSSR count). The van der Waals surface area contributed by atoms with Crippen LogP contribution in [0.5, 0.6) is 0 Å². The summed E-state index contributed by atoms with van der Waals surface area (Å²) in [4.78, 5) is 19.0. The van der Waals surface area contributed by atoms with Gasteiger partial charge in [-0.2, -0.15) is 0 Å². The number of carbonyl (C=O) groups is 1. The van der Waals surface area contributed by atoms with Crippen molar-refractivity contribution >= 4 is 11.5 Å². The summed E-state index contributed by atoms with van der Waals surface area (Å²) < 4.78 is 6.86. The zero-order valence-electron chi connectivity index (χ0n) is 8.57. The molecule has 3 aromatic rings. The topological polar surface area (TPSA) is 80.6 Å². The van der Waals surface area contributed by atoms with Crippen LogP contribution in [0.4, 0.5) is 0 Å². The van der Waals surface area contributed by atoms with Gasteiger partial charge in [0.25, 0.3) is 0 Å². The van der Waals surface area contributed by atoms with E-state index in [4.69, 9.17) is 9.52 Å². The number of aromatic nitrogens is 3. The Kier molecular flexibility index (Phi) is 1.94. The lowest BCUT2D eigenvalue weighted by Crippen LogP contribution is -1.97. The lowest BCUT2D eigenvalue weighted by Gasteiger charge is -1.95. The van der Waals surface area contributed by atoms with Crippen molar-refractivity contribution in [1.29, 1.82) is 0 Å². The highest BCUT2D eigenvalue weighted by Gasteiger charge is 2.18. The molecule has 0 saturated carbocycles. The van der Waals surface area contributed by atoms with E-state index < -0.39 is 5.97 Å². The van der Waals surface area contributed by atoms with Crippen LogP contribution < -0.4 is 0 Å². The number of carboxylic acid groups (broad SMARTS) is 1. The number of aromatic carboxylic acids is 1. The van der Waals surface area contributed by atoms with Gasteiger partial charge in [-0.1, -0.05) is 0 Å². The largest absolute Gasteiger partial charge is 0.476 e. The fraction of sp³-hybridized carbons (Fsp3) is 0. The monoisotopic (exact) mass is 229 g/mol. The molecule has 6 heteroatoms. The van der Waals surface area contributed by atoms with Gasteiger partial charge in [0.1, 0.15) is 0 Å². The molecule has 0 aliphatic rings. The van der Waals surface area contributed by atoms with E-state index in [1.165, 1.54) is 12.5 Å². The average molecular weight is 229 g/mol. The van der Waals surface area contributed by atoms with Gasteiger partial charge in [-0.3, -0.25) is 9.38 Å². The minimum atomic E-state index is -1.09. The van der Waals surface area contributed by atoms with Gasteiger partial charge in [0.2, 0.25) is 0 Å². The van der Waals surface area contributed by atoms with Crippen molar-refractivity contribution in [2.75, 3.05) is 0 Å². The van der Waals surface area contributed by atoms with Crippen molar-refractivity contribution in [2.45, 2.75) is 0 Å². The van der Waals surface area contributed by atoms with Gasteiger partial charge in [0, 0.05) is 12.4 Å². The second-order valence-electron chi connectivity index (χ2n) is 3.40. The standard InChI is InChI=1S/C11H7N3O3/c15-11(16)9-7-6-12-3-4-14(7)10(13-9)8-2-1-5-17-8/h1-6H,(H,15,16). The highest BCUT2D eigenvalue weighted by molar-refractivity contribution is 5.94. The number of hydrogen-bond acceptors (Lipinski definition) is 4. The molecule has 0 fully saturated rings. The number of imidazole rings is 1. The summed E-state index contributed by atoms with van der Waals surface area (Å²) in [6, 6.07) is 3.44. The summed E-state index contributed by atoms with van der Waals surface area (Å²) in [5.41, 5.74) is 0.399. The predicted octanol–water partition coefficient (Wildman–Crippen LogP) is 1.69. The Hall–Kier alpha value is -2.63. The van der Waals surface area contributed by atoms with E-state index in [0.717, 1.165) is 0 Å². The summed E-state index contributed by atoms with van der Waals surface area (Å²) in [7, 11) is 0. The van der Waals surface area contributed by atoms with Crippen LogP contribution in [-0.4, -0.2) is 25.4 Å². The summed E-state index contributed by atoms with van der Waals surface area (Å²) in [5, 5.41) is 9.06. The molecule has 0 unspecified atom stereocenters. The van der Waals surface area contributed by atoms with Crippen molar-refractivity contribution in [2.24, 2.45) is 0 Å². The fourth-order valence-corrected chi connectivity index (χ4v) is 1.68. The third-order valence-electron chi connectivity index (χ3n) is 2.39. The molecule has 0 saturated heterocycles. The van der Waals surface area contributed by atoms with Gasteiger partial charge in [-0.05, 0) is 12.1 Å². The number of furan rings is 1. The lowest BCUT2D eigenvalue weighted by atomic mass is 10.4. The van der Waals surface area contributed by atoms with Crippen molar-refractivity contribution in [3.63, 3.8) is 0 Å². The Bertz CT molecular complexity index is 685. The highest BCUT2D eigenvalue weighted by atomic mass is 16.4. The normalized spacial score (nSPS) is 10.8. The molecule has 17 heavy (non-hydrogen) atoms. The molecule has 84 valence electrons. The zero-order valence-corrected chi connectivity index (χ0v) is 8.57. The molecule has 0 atom stereocenters. The third-order valence-corrected chi connectivity index (χ3v) is 2.39. The molecule has 0 bridgehead atoms. The third kappa shape index (κ3) is 1.38. The minimum absolute atomic E-state index is 0.0375. The van der Waals surface area contributed by atoms with Gasteiger partial charge >= 0.3 is 5.97 Å². The van der Waals surface area contributed by atoms with Crippen molar-refractivity contribution in [3.05, 3.63) is 42.7 Å². The number of fused-ring (bicyclic) bond motifs is 1. The van der Waals surface area contributed by atoms with Gasteiger partial charge in [0.05, 0.1) is 18.0 Å². The van der Waals surface area contributed by atoms with Crippen LogP contribution in [0, 0.1) is 0 Å². The first-order valence-electron chi connectivity index (χ1n) is 4.86. The van der Waals surface area contributed by atoms with Gasteiger partial charge in [0.15, 0.2) is 17.3 Å².